The van der Waals surface area contributed by atoms with Gasteiger partial charge in [-0.25, -0.2) is 0 Å². The number of allylic oxidation sites excluding steroid dienone is 6. The van der Waals surface area contributed by atoms with Gasteiger partial charge in [-0.1, -0.05) is 17.2 Å². The topological polar surface area (TPSA) is 11.3 Å². The van der Waals surface area contributed by atoms with Crippen LogP contribution in [0.2, 0.25) is 0 Å². The second-order valence-electron chi connectivity index (χ2n) is 2.85. The fraction of sp³-hybridized carbons (Fsp3) is 0.300. The lowest BCUT2D eigenvalue weighted by Crippen LogP contribution is -2.01. The summed E-state index contributed by atoms with van der Waals surface area (Å²) in [6, 6.07) is 0. The highest BCUT2D eigenvalue weighted by molar-refractivity contribution is 6.44. The fourth-order valence-electron chi connectivity index (χ4n) is 0.977. The molecule has 0 aromatic carbocycles. The van der Waals surface area contributed by atoms with Gasteiger partial charge in [-0.15, -0.1) is 0 Å². The Balaban J connectivity index is 3.06. The van der Waals surface area contributed by atoms with Gasteiger partial charge < -0.3 is 0 Å². The van der Waals surface area contributed by atoms with E-state index in [2.05, 4.69) is 13.8 Å². The minimum Gasteiger partial charge on any atom is -0.256 e. The summed E-state index contributed by atoms with van der Waals surface area (Å²) in [4.78, 5) is 0. The summed E-state index contributed by atoms with van der Waals surface area (Å²) >= 11 is 5.94. The number of rotatable bonds is 0. The third-order valence-corrected chi connectivity index (χ3v) is 2.02. The summed E-state index contributed by atoms with van der Waals surface area (Å²) in [6.45, 7) is 4.11. The Morgan fingerprint density at radius 2 is 2.00 bits per heavy atom. The SMILES string of the molecule is C[O+]=C1C=CC(=C(C)C)C=C1Cl. The Hall–Kier alpha value is -0.820. The van der Waals surface area contributed by atoms with Crippen LogP contribution in [0.25, 0.3) is 0 Å². The van der Waals surface area contributed by atoms with E-state index in [1.54, 1.807) is 7.11 Å². The first kappa shape index (κ1) is 9.27. The first-order chi connectivity index (χ1) is 5.65. The van der Waals surface area contributed by atoms with Gasteiger partial charge in [0.2, 0.25) is 0 Å². The molecule has 12 heavy (non-hydrogen) atoms. The van der Waals surface area contributed by atoms with Crippen molar-refractivity contribution in [3.63, 3.8) is 0 Å². The van der Waals surface area contributed by atoms with Crippen molar-refractivity contribution in [1.82, 2.24) is 0 Å². The molecule has 0 heterocycles. The highest BCUT2D eigenvalue weighted by atomic mass is 35.5. The lowest BCUT2D eigenvalue weighted by atomic mass is 10.0. The van der Waals surface area contributed by atoms with Gasteiger partial charge in [0.1, 0.15) is 5.03 Å². The van der Waals surface area contributed by atoms with Crippen LogP contribution in [-0.4, -0.2) is 12.9 Å². The van der Waals surface area contributed by atoms with E-state index in [9.17, 15) is 0 Å². The second-order valence-corrected chi connectivity index (χ2v) is 3.26. The van der Waals surface area contributed by atoms with E-state index in [0.29, 0.717) is 5.03 Å². The summed E-state index contributed by atoms with van der Waals surface area (Å²) in [5, 5.41) is 0.663. The largest absolute Gasteiger partial charge is 0.361 e. The van der Waals surface area contributed by atoms with Crippen LogP contribution < -0.4 is 0 Å². The van der Waals surface area contributed by atoms with Crippen LogP contribution in [-0.2, 0) is 4.42 Å². The van der Waals surface area contributed by atoms with Crippen molar-refractivity contribution in [2.24, 2.45) is 0 Å². The molecule has 0 N–H and O–H groups in total. The lowest BCUT2D eigenvalue weighted by molar-refractivity contribution is -0.418. The lowest BCUT2D eigenvalue weighted by Gasteiger charge is -2.01. The maximum Gasteiger partial charge on any atom is 0.361 e. The van der Waals surface area contributed by atoms with E-state index >= 15 is 0 Å². The smallest absolute Gasteiger partial charge is 0.256 e. The van der Waals surface area contributed by atoms with Crippen molar-refractivity contribution < 1.29 is 4.42 Å². The molecule has 0 spiro atoms. The third-order valence-electron chi connectivity index (χ3n) is 1.73. The van der Waals surface area contributed by atoms with Crippen molar-refractivity contribution >= 4 is 17.4 Å². The molecule has 0 radical (unpaired) electrons. The molecule has 0 saturated heterocycles. The summed E-state index contributed by atoms with van der Waals surface area (Å²) in [5.74, 6) is 0.724. The van der Waals surface area contributed by atoms with Crippen LogP contribution in [0, 0.1) is 0 Å². The van der Waals surface area contributed by atoms with E-state index in [1.807, 2.05) is 18.2 Å². The van der Waals surface area contributed by atoms with Crippen LogP contribution in [0.3, 0.4) is 0 Å². The molecule has 1 aliphatic rings. The monoisotopic (exact) mass is 183 g/mol. The molecule has 0 saturated carbocycles. The summed E-state index contributed by atoms with van der Waals surface area (Å²) in [6.07, 6.45) is 5.79. The molecule has 0 aromatic rings. The number of hydrogen-bond donors (Lipinski definition) is 0. The maximum atomic E-state index is 5.94. The van der Waals surface area contributed by atoms with Crippen molar-refractivity contribution in [3.8, 4) is 0 Å². The highest BCUT2D eigenvalue weighted by Gasteiger charge is 2.16. The summed E-state index contributed by atoms with van der Waals surface area (Å²) < 4.78 is 5.04. The number of hydrogen-bond acceptors (Lipinski definition) is 0. The molecule has 0 atom stereocenters. The van der Waals surface area contributed by atoms with Gasteiger partial charge >= 0.3 is 5.78 Å². The van der Waals surface area contributed by atoms with E-state index in [-0.39, 0.29) is 0 Å². The van der Waals surface area contributed by atoms with Gasteiger partial charge in [0.15, 0.2) is 0 Å². The quantitative estimate of drug-likeness (QED) is 0.512. The Kier molecular flexibility index (Phi) is 2.88. The number of carbonyl (C=O) groups excluding carboxylic acids is 1. The number of ketones is 1. The summed E-state index contributed by atoms with van der Waals surface area (Å²) in [5.41, 5.74) is 2.40. The number of halogens is 1. The van der Waals surface area contributed by atoms with Gasteiger partial charge in [-0.3, -0.25) is 4.42 Å². The zero-order valence-corrected chi connectivity index (χ0v) is 8.27. The Bertz CT molecular complexity index is 302. The summed E-state index contributed by atoms with van der Waals surface area (Å²) in [7, 11) is 1.61. The normalized spacial score (nSPS) is 19.8. The highest BCUT2D eigenvalue weighted by Crippen LogP contribution is 2.18. The van der Waals surface area contributed by atoms with Crippen molar-refractivity contribution in [1.29, 1.82) is 0 Å². The van der Waals surface area contributed by atoms with Gasteiger partial charge in [-0.05, 0) is 31.6 Å². The molecule has 0 amide bonds. The van der Waals surface area contributed by atoms with Crippen molar-refractivity contribution in [2.75, 3.05) is 7.11 Å². The first-order valence-electron chi connectivity index (χ1n) is 3.79. The minimum absolute atomic E-state index is 0.663. The van der Waals surface area contributed by atoms with Crippen LogP contribution >= 0.6 is 11.6 Å². The zero-order chi connectivity index (χ0) is 9.14. The maximum absolute atomic E-state index is 5.94. The molecule has 2 heteroatoms. The molecule has 0 bridgehead atoms. The van der Waals surface area contributed by atoms with Crippen LogP contribution in [0.15, 0.2) is 34.4 Å². The third kappa shape index (κ3) is 1.86. The van der Waals surface area contributed by atoms with E-state index in [0.717, 1.165) is 11.4 Å². The minimum atomic E-state index is 0.663. The molecule has 0 fully saturated rings. The predicted octanol–water partition coefficient (Wildman–Crippen LogP) is 2.75. The Morgan fingerprint density at radius 3 is 2.42 bits per heavy atom. The molecule has 0 aliphatic heterocycles. The van der Waals surface area contributed by atoms with Gasteiger partial charge in [-0.2, -0.15) is 0 Å². The van der Waals surface area contributed by atoms with Crippen molar-refractivity contribution in [2.45, 2.75) is 13.8 Å². The van der Waals surface area contributed by atoms with E-state index < -0.39 is 0 Å². The molecule has 64 valence electrons. The van der Waals surface area contributed by atoms with Crippen molar-refractivity contribution in [3.05, 3.63) is 34.4 Å². The van der Waals surface area contributed by atoms with Crippen LogP contribution in [0.4, 0.5) is 0 Å². The fourth-order valence-corrected chi connectivity index (χ4v) is 1.24. The van der Waals surface area contributed by atoms with E-state index in [1.165, 1.54) is 5.57 Å². The standard InChI is InChI=1S/C10H12ClO/c1-7(2)8-4-5-10(12-3)9(11)6-8/h4-6H,1-3H3/q+1. The predicted molar refractivity (Wildman–Crippen MR) is 52.4 cm³/mol. The Labute approximate surface area is 77.7 Å². The molecule has 1 aliphatic carbocycles. The van der Waals surface area contributed by atoms with Crippen LogP contribution in [0.5, 0.6) is 0 Å². The van der Waals surface area contributed by atoms with Gasteiger partial charge in [0.05, 0.1) is 0 Å². The second kappa shape index (κ2) is 3.72. The van der Waals surface area contributed by atoms with Crippen LogP contribution in [0.1, 0.15) is 13.8 Å². The Morgan fingerprint density at radius 1 is 1.33 bits per heavy atom. The molecular formula is C10H12ClO+. The molecular weight excluding hydrogens is 172 g/mol. The van der Waals surface area contributed by atoms with Gasteiger partial charge in [0.25, 0.3) is 7.11 Å². The zero-order valence-electron chi connectivity index (χ0n) is 7.52. The molecule has 0 unspecified atom stereocenters. The van der Waals surface area contributed by atoms with E-state index in [4.69, 9.17) is 16.0 Å². The van der Waals surface area contributed by atoms with Gasteiger partial charge in [0, 0.05) is 6.08 Å². The molecule has 0 aromatic heterocycles. The molecule has 1 rings (SSSR count). The average molecular weight is 184 g/mol. The average Bonchev–Trinajstić information content (AvgIpc) is 2.04. The first-order valence-corrected chi connectivity index (χ1v) is 4.17. The molecule has 1 nitrogen and oxygen atoms in total.